The number of rotatable bonds is 21. The van der Waals surface area contributed by atoms with Gasteiger partial charge in [0.15, 0.2) is 11.0 Å². The van der Waals surface area contributed by atoms with Crippen molar-refractivity contribution in [3.8, 4) is 17.1 Å². The fourth-order valence-corrected chi connectivity index (χ4v) is 6.21. The smallest absolute Gasteiger partial charge is 0.224 e. The molecule has 0 atom stereocenters. The van der Waals surface area contributed by atoms with Crippen molar-refractivity contribution in [3.05, 3.63) is 90.0 Å². The van der Waals surface area contributed by atoms with Gasteiger partial charge in [0.25, 0.3) is 0 Å². The number of nitrogens with zero attached hydrogens (tertiary/aromatic N) is 3. The summed E-state index contributed by atoms with van der Waals surface area (Å²) in [5.41, 5.74) is 6.28. The molecule has 1 amide bonds. The molecule has 0 saturated heterocycles. The van der Waals surface area contributed by atoms with E-state index in [1.807, 2.05) is 42.8 Å². The molecule has 8 heteroatoms. The molecule has 1 heterocycles. The van der Waals surface area contributed by atoms with Crippen LogP contribution in [0.25, 0.3) is 17.0 Å². The standard InChI is InChI=1S/C40H53N5O2S/c1-6-8-10-12-14-26-47-37-28-36(48-40-44-43-39(45(40)5)33-19-17-32(18-20-33)30(3)4)24-21-34(37)29-42-35-22-15-31(16-23-35)27-38(46)41-25-13-11-9-7-2/h15-24,28,42H,3,6-14,25-27,29H2,1-2,4-5H3,(H,41,46). The Bertz CT molecular complexity index is 1580. The van der Waals surface area contributed by atoms with Crippen molar-refractivity contribution >= 4 is 28.9 Å². The van der Waals surface area contributed by atoms with Gasteiger partial charge in [-0.15, -0.1) is 10.2 Å². The molecule has 0 unspecified atom stereocenters. The number of hydrogen-bond acceptors (Lipinski definition) is 6. The molecule has 0 spiro atoms. The zero-order chi connectivity index (χ0) is 34.1. The Morgan fingerprint density at radius 1 is 0.875 bits per heavy atom. The topological polar surface area (TPSA) is 81.1 Å². The quantitative estimate of drug-likeness (QED) is 0.0861. The van der Waals surface area contributed by atoms with E-state index in [4.69, 9.17) is 4.74 Å². The van der Waals surface area contributed by atoms with Crippen molar-refractivity contribution in [2.24, 2.45) is 7.05 Å². The van der Waals surface area contributed by atoms with Crippen LogP contribution in [0.15, 0.2) is 83.4 Å². The van der Waals surface area contributed by atoms with Gasteiger partial charge in [-0.2, -0.15) is 0 Å². The first kappa shape index (κ1) is 36.8. The summed E-state index contributed by atoms with van der Waals surface area (Å²) in [7, 11) is 2.00. The van der Waals surface area contributed by atoms with Gasteiger partial charge in [-0.3, -0.25) is 4.79 Å². The molecule has 0 aliphatic rings. The monoisotopic (exact) mass is 667 g/mol. The highest BCUT2D eigenvalue weighted by Gasteiger charge is 2.14. The highest BCUT2D eigenvalue weighted by atomic mass is 32.2. The summed E-state index contributed by atoms with van der Waals surface area (Å²) in [6.07, 6.45) is 11.0. The normalized spacial score (nSPS) is 11.0. The molecule has 0 saturated carbocycles. The molecule has 256 valence electrons. The van der Waals surface area contributed by atoms with Crippen molar-refractivity contribution in [1.29, 1.82) is 0 Å². The van der Waals surface area contributed by atoms with Crippen molar-refractivity contribution in [2.45, 2.75) is 102 Å². The van der Waals surface area contributed by atoms with Crippen LogP contribution in [-0.2, 0) is 24.8 Å². The number of nitrogens with one attached hydrogen (secondary N) is 2. The van der Waals surface area contributed by atoms with Crippen LogP contribution < -0.4 is 15.4 Å². The van der Waals surface area contributed by atoms with E-state index in [1.165, 1.54) is 44.9 Å². The Kier molecular flexibility index (Phi) is 15.1. The van der Waals surface area contributed by atoms with Gasteiger partial charge in [0.05, 0.1) is 13.0 Å². The molecule has 3 aromatic carbocycles. The van der Waals surface area contributed by atoms with E-state index in [1.54, 1.807) is 11.8 Å². The van der Waals surface area contributed by atoms with Gasteiger partial charge in [0, 0.05) is 41.8 Å². The Morgan fingerprint density at radius 2 is 1.58 bits per heavy atom. The number of aromatic nitrogens is 3. The first-order valence-corrected chi connectivity index (χ1v) is 18.4. The maximum atomic E-state index is 12.3. The van der Waals surface area contributed by atoms with E-state index in [9.17, 15) is 4.79 Å². The van der Waals surface area contributed by atoms with Gasteiger partial charge in [0.2, 0.25) is 5.91 Å². The second-order valence-electron chi connectivity index (χ2n) is 12.5. The number of benzene rings is 3. The first-order valence-electron chi connectivity index (χ1n) is 17.6. The van der Waals surface area contributed by atoms with E-state index >= 15 is 0 Å². The maximum Gasteiger partial charge on any atom is 0.224 e. The minimum atomic E-state index is 0.0800. The predicted octanol–water partition coefficient (Wildman–Crippen LogP) is 9.87. The van der Waals surface area contributed by atoms with Gasteiger partial charge in [-0.05, 0) is 66.9 Å². The molecule has 48 heavy (non-hydrogen) atoms. The fraction of sp³-hybridized carbons (Fsp3) is 0.425. The van der Waals surface area contributed by atoms with E-state index in [-0.39, 0.29) is 5.91 Å². The van der Waals surface area contributed by atoms with E-state index in [2.05, 4.69) is 83.7 Å². The number of anilines is 1. The molecular formula is C40H53N5O2S. The molecule has 0 fully saturated rings. The largest absolute Gasteiger partial charge is 0.493 e. The number of amides is 1. The van der Waals surface area contributed by atoms with Crippen molar-refractivity contribution < 1.29 is 9.53 Å². The van der Waals surface area contributed by atoms with Crippen molar-refractivity contribution in [1.82, 2.24) is 20.1 Å². The molecule has 4 rings (SSSR count). The molecule has 0 bridgehead atoms. The van der Waals surface area contributed by atoms with Crippen LogP contribution in [0, 0.1) is 0 Å². The van der Waals surface area contributed by atoms with Gasteiger partial charge < -0.3 is 19.9 Å². The number of hydrogen-bond donors (Lipinski definition) is 2. The predicted molar refractivity (Wildman–Crippen MR) is 201 cm³/mol. The minimum absolute atomic E-state index is 0.0800. The van der Waals surface area contributed by atoms with Crippen LogP contribution in [0.4, 0.5) is 5.69 Å². The van der Waals surface area contributed by atoms with Gasteiger partial charge >= 0.3 is 0 Å². The Hall–Kier alpha value is -4.04. The molecule has 0 aliphatic heterocycles. The number of carbonyl (C=O) groups is 1. The van der Waals surface area contributed by atoms with Crippen molar-refractivity contribution in [2.75, 3.05) is 18.5 Å². The molecule has 0 aliphatic carbocycles. The second-order valence-corrected chi connectivity index (χ2v) is 13.5. The van der Waals surface area contributed by atoms with E-state index in [0.29, 0.717) is 19.6 Å². The molecule has 4 aromatic rings. The highest BCUT2D eigenvalue weighted by molar-refractivity contribution is 7.99. The van der Waals surface area contributed by atoms with Crippen LogP contribution in [0.5, 0.6) is 5.75 Å². The lowest BCUT2D eigenvalue weighted by molar-refractivity contribution is -0.120. The molecule has 0 radical (unpaired) electrons. The summed E-state index contributed by atoms with van der Waals surface area (Å²) in [5.74, 6) is 1.79. The minimum Gasteiger partial charge on any atom is -0.493 e. The van der Waals surface area contributed by atoms with Crippen LogP contribution in [-0.4, -0.2) is 33.8 Å². The lowest BCUT2D eigenvalue weighted by Gasteiger charge is -2.15. The zero-order valence-electron chi connectivity index (χ0n) is 29.3. The number of ether oxygens (including phenoxy) is 1. The summed E-state index contributed by atoms with van der Waals surface area (Å²) in [4.78, 5) is 13.4. The van der Waals surface area contributed by atoms with Gasteiger partial charge in [-0.25, -0.2) is 0 Å². The third-order valence-corrected chi connectivity index (χ3v) is 9.41. The van der Waals surface area contributed by atoms with Crippen LogP contribution in [0.1, 0.15) is 95.2 Å². The van der Waals surface area contributed by atoms with Crippen LogP contribution in [0.2, 0.25) is 0 Å². The van der Waals surface area contributed by atoms with Crippen LogP contribution >= 0.6 is 11.8 Å². The maximum absolute atomic E-state index is 12.3. The number of unbranched alkanes of at least 4 members (excludes halogenated alkanes) is 7. The first-order chi connectivity index (χ1) is 23.4. The average molecular weight is 668 g/mol. The Balaban J connectivity index is 1.39. The number of carbonyl (C=O) groups excluding carboxylic acids is 1. The zero-order valence-corrected chi connectivity index (χ0v) is 30.1. The van der Waals surface area contributed by atoms with E-state index < -0.39 is 0 Å². The second kappa shape index (κ2) is 19.7. The molecule has 2 N–H and O–H groups in total. The summed E-state index contributed by atoms with van der Waals surface area (Å²) in [6.45, 7) is 12.5. The van der Waals surface area contributed by atoms with Crippen LogP contribution in [0.3, 0.4) is 0 Å². The van der Waals surface area contributed by atoms with Gasteiger partial charge in [0.1, 0.15) is 5.75 Å². The van der Waals surface area contributed by atoms with Gasteiger partial charge in [-0.1, -0.05) is 113 Å². The van der Waals surface area contributed by atoms with Crippen molar-refractivity contribution in [3.63, 3.8) is 0 Å². The lowest BCUT2D eigenvalue weighted by Crippen LogP contribution is -2.26. The SMILES string of the molecule is C=C(C)c1ccc(-c2nnc(Sc3ccc(CNc4ccc(CC(=O)NCCCCCC)cc4)c(OCCCCCCC)c3)n2C)cc1. The third-order valence-electron chi connectivity index (χ3n) is 8.38. The summed E-state index contributed by atoms with van der Waals surface area (Å²) >= 11 is 1.58. The molecule has 7 nitrogen and oxygen atoms in total. The number of allylic oxidation sites excluding steroid dienone is 1. The lowest BCUT2D eigenvalue weighted by atomic mass is 10.1. The Labute approximate surface area is 292 Å². The fourth-order valence-electron chi connectivity index (χ4n) is 5.40. The summed E-state index contributed by atoms with van der Waals surface area (Å²) < 4.78 is 8.42. The van der Waals surface area contributed by atoms with E-state index in [0.717, 1.165) is 74.5 Å². The molecular weight excluding hydrogens is 615 g/mol. The summed E-state index contributed by atoms with van der Waals surface area (Å²) in [6, 6.07) is 22.8. The summed E-state index contributed by atoms with van der Waals surface area (Å²) in [5, 5.41) is 16.4. The molecule has 1 aromatic heterocycles. The highest BCUT2D eigenvalue weighted by Crippen LogP contribution is 2.33. The Morgan fingerprint density at radius 3 is 2.29 bits per heavy atom. The third kappa shape index (κ3) is 11.6. The average Bonchev–Trinajstić information content (AvgIpc) is 3.45.